The van der Waals surface area contributed by atoms with Crippen molar-refractivity contribution < 1.29 is 22.5 Å². The second-order valence-electron chi connectivity index (χ2n) is 10.8. The van der Waals surface area contributed by atoms with E-state index in [0.29, 0.717) is 6.42 Å². The van der Waals surface area contributed by atoms with E-state index in [9.17, 15) is 17.8 Å². The molecule has 224 valence electrons. The van der Waals surface area contributed by atoms with E-state index >= 15 is 0 Å². The van der Waals surface area contributed by atoms with Gasteiger partial charge in [0.25, 0.3) is 10.0 Å². The number of amides is 1. The topological polar surface area (TPSA) is 92.8 Å². The summed E-state index contributed by atoms with van der Waals surface area (Å²) in [7, 11) is -7.35. The van der Waals surface area contributed by atoms with Crippen LogP contribution in [0.1, 0.15) is 36.9 Å². The van der Waals surface area contributed by atoms with Crippen LogP contribution in [0.3, 0.4) is 0 Å². The van der Waals surface area contributed by atoms with Crippen LogP contribution in [0, 0.1) is 18.8 Å². The van der Waals surface area contributed by atoms with Crippen LogP contribution in [-0.2, 0) is 19.3 Å². The maximum absolute atomic E-state index is 14.9. The van der Waals surface area contributed by atoms with Crippen molar-refractivity contribution in [1.29, 1.82) is 0 Å². The highest BCUT2D eigenvalue weighted by atomic mass is 32.2. The van der Waals surface area contributed by atoms with Crippen molar-refractivity contribution in [3.05, 3.63) is 126 Å². The molecular formula is C34H37N2O5PS. The number of sulfonamides is 1. The number of hydrogen-bond donors (Lipinski definition) is 1. The zero-order valence-electron chi connectivity index (χ0n) is 24.4. The standard InChI is InChI=1S/C34H37N2O5PS/c1-3-41-34(37)36(43(39,40)31-21-19-26(2)20-22-31)24-23-28-25-32(28)33(27-13-7-4-8-14-27)35-42(38,29-15-9-5-10-16-29)30-17-11-6-12-18-30/h4-22,28,32-33H,3,23-25H2,1-2H3,(H,35,38)/t28-,32+,33+/m1/s1. The first-order valence-corrected chi connectivity index (χ1v) is 17.7. The van der Waals surface area contributed by atoms with E-state index in [4.69, 9.17) is 4.74 Å². The molecule has 0 aliphatic heterocycles. The van der Waals surface area contributed by atoms with Crippen molar-refractivity contribution in [2.75, 3.05) is 13.2 Å². The molecule has 0 spiro atoms. The predicted molar refractivity (Wildman–Crippen MR) is 170 cm³/mol. The average molecular weight is 617 g/mol. The van der Waals surface area contributed by atoms with Crippen LogP contribution in [-0.4, -0.2) is 32.0 Å². The number of benzene rings is 4. The molecule has 0 radical (unpaired) electrons. The Bertz CT molecular complexity index is 1620. The van der Waals surface area contributed by atoms with Crippen LogP contribution in [0.15, 0.2) is 120 Å². The number of ether oxygens (including phenoxy) is 1. The Hall–Kier alpha value is -3.71. The van der Waals surface area contributed by atoms with Gasteiger partial charge < -0.3 is 4.74 Å². The first-order chi connectivity index (χ1) is 20.7. The van der Waals surface area contributed by atoms with Gasteiger partial charge in [0.2, 0.25) is 7.29 Å². The lowest BCUT2D eigenvalue weighted by molar-refractivity contribution is 0.130. The molecule has 1 aliphatic carbocycles. The van der Waals surface area contributed by atoms with Gasteiger partial charge in [-0.3, -0.25) is 9.65 Å². The van der Waals surface area contributed by atoms with Crippen LogP contribution in [0.4, 0.5) is 4.79 Å². The lowest BCUT2D eigenvalue weighted by atomic mass is 10.0. The number of carbonyl (C=O) groups is 1. The molecule has 4 aromatic rings. The molecule has 3 atom stereocenters. The number of aryl methyl sites for hydroxylation is 1. The molecule has 1 N–H and O–H groups in total. The fourth-order valence-electron chi connectivity index (χ4n) is 5.48. The molecular weight excluding hydrogens is 579 g/mol. The molecule has 1 saturated carbocycles. The monoisotopic (exact) mass is 616 g/mol. The van der Waals surface area contributed by atoms with Crippen molar-refractivity contribution in [3.8, 4) is 0 Å². The molecule has 1 amide bonds. The molecule has 43 heavy (non-hydrogen) atoms. The van der Waals surface area contributed by atoms with E-state index in [1.807, 2.05) is 97.9 Å². The molecule has 0 aromatic heterocycles. The molecule has 0 bridgehead atoms. The molecule has 7 nitrogen and oxygen atoms in total. The van der Waals surface area contributed by atoms with Crippen molar-refractivity contribution >= 4 is 34.0 Å². The number of carbonyl (C=O) groups excluding carboxylic acids is 1. The summed E-state index contributed by atoms with van der Waals surface area (Å²) in [5.74, 6) is 0.206. The summed E-state index contributed by atoms with van der Waals surface area (Å²) in [6.45, 7) is 3.59. The van der Waals surface area contributed by atoms with Crippen molar-refractivity contribution in [3.63, 3.8) is 0 Å². The number of hydrogen-bond acceptors (Lipinski definition) is 5. The molecule has 0 unspecified atom stereocenters. The second kappa shape index (κ2) is 13.3. The quantitative estimate of drug-likeness (QED) is 0.185. The first-order valence-electron chi connectivity index (χ1n) is 14.5. The van der Waals surface area contributed by atoms with E-state index in [-0.39, 0.29) is 35.9 Å². The minimum Gasteiger partial charge on any atom is -0.449 e. The largest absolute Gasteiger partial charge is 0.449 e. The first kappa shape index (κ1) is 30.7. The Morgan fingerprint density at radius 2 is 1.42 bits per heavy atom. The van der Waals surface area contributed by atoms with E-state index < -0.39 is 23.4 Å². The van der Waals surface area contributed by atoms with E-state index in [2.05, 4.69) is 5.09 Å². The summed E-state index contributed by atoms with van der Waals surface area (Å²) in [4.78, 5) is 12.9. The fraction of sp³-hybridized carbons (Fsp3) is 0.265. The van der Waals surface area contributed by atoms with Gasteiger partial charge >= 0.3 is 6.09 Å². The van der Waals surface area contributed by atoms with E-state index in [0.717, 1.165) is 32.5 Å². The SMILES string of the molecule is CCOC(=O)N(CC[C@@H]1C[C@@H]1[C@@H](NP(=O)(c1ccccc1)c1ccccc1)c1ccccc1)S(=O)(=O)c1ccc(C)cc1. The number of rotatable bonds is 12. The van der Waals surface area contributed by atoms with Gasteiger partial charge in [-0.2, -0.15) is 0 Å². The molecule has 0 saturated heterocycles. The third kappa shape index (κ3) is 6.93. The normalized spacial score (nSPS) is 17.2. The van der Waals surface area contributed by atoms with Gasteiger partial charge in [0.1, 0.15) is 0 Å². The number of nitrogens with zero attached hydrogens (tertiary/aromatic N) is 1. The Morgan fingerprint density at radius 3 is 1.95 bits per heavy atom. The van der Waals surface area contributed by atoms with Crippen LogP contribution in [0.5, 0.6) is 0 Å². The minimum atomic E-state index is -4.10. The number of nitrogens with one attached hydrogen (secondary N) is 1. The van der Waals surface area contributed by atoms with Crippen molar-refractivity contribution in [1.82, 2.24) is 9.39 Å². The molecule has 5 rings (SSSR count). The predicted octanol–water partition coefficient (Wildman–Crippen LogP) is 6.43. The lowest BCUT2D eigenvalue weighted by Gasteiger charge is -2.28. The molecule has 4 aromatic carbocycles. The van der Waals surface area contributed by atoms with Crippen molar-refractivity contribution in [2.45, 2.75) is 37.6 Å². The van der Waals surface area contributed by atoms with Crippen LogP contribution >= 0.6 is 7.29 Å². The van der Waals surface area contributed by atoms with Crippen LogP contribution in [0.2, 0.25) is 0 Å². The summed E-state index contributed by atoms with van der Waals surface area (Å²) >= 11 is 0. The maximum Gasteiger partial charge on any atom is 0.423 e. The van der Waals surface area contributed by atoms with Gasteiger partial charge in [-0.15, -0.1) is 0 Å². The van der Waals surface area contributed by atoms with Gasteiger partial charge in [0.15, 0.2) is 0 Å². The summed E-state index contributed by atoms with van der Waals surface area (Å²) in [6, 6.07) is 35.1. The summed E-state index contributed by atoms with van der Waals surface area (Å²) in [6.07, 6.45) is 0.383. The van der Waals surface area contributed by atoms with Gasteiger partial charge in [-0.1, -0.05) is 84.4 Å². The molecule has 9 heteroatoms. The van der Waals surface area contributed by atoms with E-state index in [1.165, 1.54) is 12.1 Å². The zero-order valence-corrected chi connectivity index (χ0v) is 26.1. The van der Waals surface area contributed by atoms with E-state index in [1.54, 1.807) is 19.1 Å². The van der Waals surface area contributed by atoms with Gasteiger partial charge in [-0.25, -0.2) is 17.5 Å². The smallest absolute Gasteiger partial charge is 0.423 e. The van der Waals surface area contributed by atoms with Crippen molar-refractivity contribution in [2.24, 2.45) is 11.8 Å². The van der Waals surface area contributed by atoms with Gasteiger partial charge in [0, 0.05) is 23.2 Å². The Labute approximate surface area is 254 Å². The Morgan fingerprint density at radius 1 is 0.884 bits per heavy atom. The van der Waals surface area contributed by atoms with Crippen LogP contribution in [0.25, 0.3) is 0 Å². The van der Waals surface area contributed by atoms with Gasteiger partial charge in [-0.05, 0) is 80.5 Å². The summed E-state index contributed by atoms with van der Waals surface area (Å²) in [5, 5.41) is 5.03. The highest BCUT2D eigenvalue weighted by molar-refractivity contribution is 7.89. The van der Waals surface area contributed by atoms with Crippen LogP contribution < -0.4 is 15.7 Å². The average Bonchev–Trinajstić information content (AvgIpc) is 3.80. The molecule has 0 heterocycles. The Balaban J connectivity index is 1.41. The summed E-state index contributed by atoms with van der Waals surface area (Å²) < 4.78 is 47.9. The summed E-state index contributed by atoms with van der Waals surface area (Å²) in [5.41, 5.74) is 1.93. The third-order valence-corrected chi connectivity index (χ3v) is 12.4. The maximum atomic E-state index is 14.9. The molecule has 1 aliphatic rings. The highest BCUT2D eigenvalue weighted by Crippen LogP contribution is 2.53. The Kier molecular flexibility index (Phi) is 9.50. The van der Waals surface area contributed by atoms with Gasteiger partial charge in [0.05, 0.1) is 11.5 Å². The molecule has 1 fully saturated rings. The second-order valence-corrected chi connectivity index (χ2v) is 15.2. The third-order valence-electron chi connectivity index (χ3n) is 7.91. The minimum absolute atomic E-state index is 0.00719. The zero-order chi connectivity index (χ0) is 30.5. The fourth-order valence-corrected chi connectivity index (χ4v) is 9.33. The highest BCUT2D eigenvalue weighted by Gasteiger charge is 2.46. The lowest BCUT2D eigenvalue weighted by Crippen LogP contribution is -2.38.